The van der Waals surface area contributed by atoms with Gasteiger partial charge in [0.15, 0.2) is 0 Å². The van der Waals surface area contributed by atoms with Crippen LogP contribution in [0.4, 0.5) is 0 Å². The molecule has 0 aromatic carbocycles. The van der Waals surface area contributed by atoms with E-state index in [1.54, 1.807) is 0 Å². The molecule has 1 atom stereocenters. The lowest BCUT2D eigenvalue weighted by Crippen LogP contribution is -2.49. The molecule has 3 saturated carbocycles. The molecular weight excluding hydrogens is 136 g/mol. The lowest BCUT2D eigenvalue weighted by molar-refractivity contribution is -0.106. The van der Waals surface area contributed by atoms with Crippen LogP contribution in [0.1, 0.15) is 39.5 Å². The summed E-state index contributed by atoms with van der Waals surface area (Å²) < 4.78 is 0. The fraction of sp³-hybridized carbons (Fsp3) is 1.00. The number of hydrogen-bond acceptors (Lipinski definition) is 1. The summed E-state index contributed by atoms with van der Waals surface area (Å²) in [7, 11) is 0. The lowest BCUT2D eigenvalue weighted by Gasteiger charge is -2.52. The molecule has 1 nitrogen and oxygen atoms in total. The zero-order chi connectivity index (χ0) is 8.06. The van der Waals surface area contributed by atoms with Gasteiger partial charge in [-0.3, -0.25) is 0 Å². The third kappa shape index (κ3) is 0.936. The highest BCUT2D eigenvalue weighted by molar-refractivity contribution is 4.98. The zero-order valence-corrected chi connectivity index (χ0v) is 7.51. The van der Waals surface area contributed by atoms with Crippen LogP contribution in [0, 0.1) is 17.3 Å². The van der Waals surface area contributed by atoms with Gasteiger partial charge in [-0.25, -0.2) is 0 Å². The Balaban J connectivity index is 2.23. The summed E-state index contributed by atoms with van der Waals surface area (Å²) in [4.78, 5) is 0. The van der Waals surface area contributed by atoms with Crippen molar-refractivity contribution >= 4 is 0 Å². The van der Waals surface area contributed by atoms with Gasteiger partial charge in [-0.2, -0.15) is 0 Å². The number of aliphatic hydroxyl groups excluding tert-OH is 1. The van der Waals surface area contributed by atoms with Crippen LogP contribution in [0.3, 0.4) is 0 Å². The van der Waals surface area contributed by atoms with Gasteiger partial charge >= 0.3 is 0 Å². The molecule has 3 rings (SSSR count). The highest BCUT2D eigenvalue weighted by Crippen LogP contribution is 2.51. The molecule has 0 radical (unpaired) electrons. The Morgan fingerprint density at radius 1 is 1.09 bits per heavy atom. The topological polar surface area (TPSA) is 20.2 Å². The third-order valence-corrected chi connectivity index (χ3v) is 4.03. The zero-order valence-electron chi connectivity index (χ0n) is 7.51. The van der Waals surface area contributed by atoms with Crippen molar-refractivity contribution in [3.05, 3.63) is 0 Å². The second-order valence-electron chi connectivity index (χ2n) is 4.88. The Labute approximate surface area is 68.8 Å². The van der Waals surface area contributed by atoms with Crippen LogP contribution in [0.5, 0.6) is 0 Å². The highest BCUT2D eigenvalue weighted by Gasteiger charge is 2.47. The molecular formula is C10H18O. The van der Waals surface area contributed by atoms with Gasteiger partial charge in [0.25, 0.3) is 0 Å². The lowest BCUT2D eigenvalue weighted by atomic mass is 9.56. The van der Waals surface area contributed by atoms with E-state index in [1.165, 1.54) is 25.7 Å². The van der Waals surface area contributed by atoms with Gasteiger partial charge in [-0.1, -0.05) is 13.8 Å². The molecule has 11 heavy (non-hydrogen) atoms. The minimum absolute atomic E-state index is 0.0185. The molecule has 3 aliphatic rings. The van der Waals surface area contributed by atoms with Gasteiger partial charge in [0.1, 0.15) is 0 Å². The molecule has 0 aromatic heterocycles. The summed E-state index contributed by atoms with van der Waals surface area (Å²) in [6, 6.07) is 0. The maximum Gasteiger partial charge on any atom is 0.0621 e. The predicted molar refractivity (Wildman–Crippen MR) is 45.2 cm³/mol. The number of fused-ring (bicyclic) bond motifs is 3. The summed E-state index contributed by atoms with van der Waals surface area (Å²) >= 11 is 0. The maximum atomic E-state index is 9.93. The summed E-state index contributed by atoms with van der Waals surface area (Å²) in [6.07, 6.45) is 5.24. The van der Waals surface area contributed by atoms with Crippen molar-refractivity contribution in [2.24, 2.45) is 17.3 Å². The van der Waals surface area contributed by atoms with Crippen LogP contribution < -0.4 is 0 Å². The number of aliphatic hydroxyl groups is 1. The Morgan fingerprint density at radius 2 is 1.64 bits per heavy atom. The monoisotopic (exact) mass is 154 g/mol. The smallest absolute Gasteiger partial charge is 0.0621 e. The maximum absolute atomic E-state index is 9.93. The first-order chi connectivity index (χ1) is 5.12. The summed E-state index contributed by atoms with van der Waals surface area (Å²) in [5.41, 5.74) is 0.209. The van der Waals surface area contributed by atoms with Crippen LogP contribution in [0.2, 0.25) is 0 Å². The largest absolute Gasteiger partial charge is 0.392 e. The molecule has 0 heterocycles. The third-order valence-electron chi connectivity index (χ3n) is 4.03. The second kappa shape index (κ2) is 2.22. The van der Waals surface area contributed by atoms with Crippen LogP contribution in [-0.4, -0.2) is 11.2 Å². The fourth-order valence-electron chi connectivity index (χ4n) is 3.03. The summed E-state index contributed by atoms with van der Waals surface area (Å²) in [5.74, 6) is 1.41. The van der Waals surface area contributed by atoms with E-state index in [4.69, 9.17) is 0 Å². The molecule has 1 unspecified atom stereocenters. The average Bonchev–Trinajstić information content (AvgIpc) is 2.01. The van der Waals surface area contributed by atoms with Crippen molar-refractivity contribution in [2.45, 2.75) is 45.6 Å². The Bertz CT molecular complexity index is 150. The van der Waals surface area contributed by atoms with Gasteiger partial charge in [0, 0.05) is 0 Å². The van der Waals surface area contributed by atoms with Gasteiger partial charge < -0.3 is 5.11 Å². The minimum atomic E-state index is -0.0185. The molecule has 3 fully saturated rings. The predicted octanol–water partition coefficient (Wildman–Crippen LogP) is 2.19. The highest BCUT2D eigenvalue weighted by atomic mass is 16.3. The normalized spacial score (nSPS) is 47.7. The summed E-state index contributed by atoms with van der Waals surface area (Å²) in [6.45, 7) is 4.46. The second-order valence-corrected chi connectivity index (χ2v) is 4.88. The fourth-order valence-corrected chi connectivity index (χ4v) is 3.03. The van der Waals surface area contributed by atoms with E-state index >= 15 is 0 Å². The first kappa shape index (κ1) is 7.60. The van der Waals surface area contributed by atoms with E-state index in [2.05, 4.69) is 13.8 Å². The standard InChI is InChI=1S/C10H18O/c1-10(2)8-5-3-7(4-6-8)9(10)11/h7-9,11H,3-6H2,1-2H3. The van der Waals surface area contributed by atoms with E-state index in [0.29, 0.717) is 5.92 Å². The van der Waals surface area contributed by atoms with Crippen molar-refractivity contribution in [1.82, 2.24) is 0 Å². The van der Waals surface area contributed by atoms with E-state index in [1.807, 2.05) is 0 Å². The van der Waals surface area contributed by atoms with E-state index in [-0.39, 0.29) is 11.5 Å². The molecule has 1 heteroatoms. The van der Waals surface area contributed by atoms with Crippen LogP contribution in [0.15, 0.2) is 0 Å². The molecule has 0 aromatic rings. The molecule has 0 spiro atoms. The molecule has 0 saturated heterocycles. The van der Waals surface area contributed by atoms with Crippen LogP contribution in [-0.2, 0) is 0 Å². The Kier molecular flexibility index (Phi) is 1.54. The molecule has 0 aliphatic heterocycles. The van der Waals surface area contributed by atoms with Crippen molar-refractivity contribution < 1.29 is 5.11 Å². The van der Waals surface area contributed by atoms with E-state index < -0.39 is 0 Å². The van der Waals surface area contributed by atoms with Crippen molar-refractivity contribution in [2.75, 3.05) is 0 Å². The summed E-state index contributed by atoms with van der Waals surface area (Å²) in [5, 5.41) is 9.93. The molecule has 3 aliphatic carbocycles. The Morgan fingerprint density at radius 3 is 1.91 bits per heavy atom. The SMILES string of the molecule is CC1(C)C2CCC(CC2)C1O. The molecule has 0 amide bonds. The van der Waals surface area contributed by atoms with Crippen LogP contribution >= 0.6 is 0 Å². The molecule has 2 bridgehead atoms. The molecule has 64 valence electrons. The first-order valence-electron chi connectivity index (χ1n) is 4.80. The molecule has 1 N–H and O–H groups in total. The quantitative estimate of drug-likeness (QED) is 0.567. The van der Waals surface area contributed by atoms with Gasteiger partial charge in [0.2, 0.25) is 0 Å². The van der Waals surface area contributed by atoms with Crippen molar-refractivity contribution in [3.8, 4) is 0 Å². The van der Waals surface area contributed by atoms with E-state index in [0.717, 1.165) is 5.92 Å². The minimum Gasteiger partial charge on any atom is -0.392 e. The first-order valence-corrected chi connectivity index (χ1v) is 4.80. The van der Waals surface area contributed by atoms with Crippen molar-refractivity contribution in [1.29, 1.82) is 0 Å². The average molecular weight is 154 g/mol. The van der Waals surface area contributed by atoms with Gasteiger partial charge in [-0.05, 0) is 42.9 Å². The van der Waals surface area contributed by atoms with Crippen molar-refractivity contribution in [3.63, 3.8) is 0 Å². The number of hydrogen-bond donors (Lipinski definition) is 1. The van der Waals surface area contributed by atoms with Gasteiger partial charge in [0.05, 0.1) is 6.10 Å². The number of rotatable bonds is 0. The Hall–Kier alpha value is -0.0400. The van der Waals surface area contributed by atoms with Gasteiger partial charge in [-0.15, -0.1) is 0 Å². The van der Waals surface area contributed by atoms with E-state index in [9.17, 15) is 5.11 Å². The van der Waals surface area contributed by atoms with Crippen LogP contribution in [0.25, 0.3) is 0 Å².